The van der Waals surface area contributed by atoms with Crippen LogP contribution in [0.15, 0.2) is 60.8 Å². The van der Waals surface area contributed by atoms with Crippen LogP contribution in [0.3, 0.4) is 0 Å². The maximum atomic E-state index is 12.6. The Morgan fingerprint density at radius 2 is 1.52 bits per heavy atom. The highest BCUT2D eigenvalue weighted by Crippen LogP contribution is 2.31. The van der Waals surface area contributed by atoms with Gasteiger partial charge in [-0.15, -0.1) is 0 Å². The number of amides is 1. The summed E-state index contributed by atoms with van der Waals surface area (Å²) in [6.07, 6.45) is -2.65. The first kappa shape index (κ1) is 22.3. The summed E-state index contributed by atoms with van der Waals surface area (Å²) < 4.78 is 43.4. The van der Waals surface area contributed by atoms with Gasteiger partial charge in [0.1, 0.15) is 23.1 Å². The van der Waals surface area contributed by atoms with E-state index in [1.165, 1.54) is 12.1 Å². The van der Waals surface area contributed by atoms with Crippen LogP contribution in [0.4, 0.5) is 19.0 Å². The third kappa shape index (κ3) is 6.28. The van der Waals surface area contributed by atoms with Crippen molar-refractivity contribution in [2.75, 3.05) is 5.32 Å². The number of carbonyl (C=O) groups is 1. The number of benzene rings is 2. The minimum atomic E-state index is -4.39. The Morgan fingerprint density at radius 3 is 2.06 bits per heavy atom. The Kier molecular flexibility index (Phi) is 6.29. The highest BCUT2D eigenvalue weighted by atomic mass is 19.4. The summed E-state index contributed by atoms with van der Waals surface area (Å²) in [5.41, 5.74) is -0.217. The molecule has 0 spiro atoms. The minimum absolute atomic E-state index is 0.134. The quantitative estimate of drug-likeness (QED) is 0.560. The molecule has 0 unspecified atom stereocenters. The number of hydrogen-bond donors (Lipinski definition) is 1. The standard InChI is InChI=1S/C23H22F3N3O2/c1-22(2,3)21-27-13-12-19(29-21)28-20(30)14-15-4-8-17(9-5-15)31-18-10-6-16(7-11-18)23(24,25)26/h4-13H,14H2,1-3H3,(H,27,28,29,30). The lowest BCUT2D eigenvalue weighted by Crippen LogP contribution is -2.19. The molecule has 0 saturated heterocycles. The van der Waals surface area contributed by atoms with Gasteiger partial charge < -0.3 is 10.1 Å². The maximum absolute atomic E-state index is 12.6. The van der Waals surface area contributed by atoms with Gasteiger partial charge in [0.05, 0.1) is 12.0 Å². The lowest BCUT2D eigenvalue weighted by molar-refractivity contribution is -0.137. The lowest BCUT2D eigenvalue weighted by atomic mass is 9.96. The molecule has 1 aromatic heterocycles. The molecule has 0 saturated carbocycles. The minimum Gasteiger partial charge on any atom is -0.457 e. The van der Waals surface area contributed by atoms with Crippen LogP contribution in [0.25, 0.3) is 0 Å². The number of aromatic nitrogens is 2. The first-order chi connectivity index (χ1) is 14.5. The first-order valence-electron chi connectivity index (χ1n) is 9.58. The van der Waals surface area contributed by atoms with Gasteiger partial charge >= 0.3 is 6.18 Å². The number of alkyl halides is 3. The third-order valence-electron chi connectivity index (χ3n) is 4.30. The van der Waals surface area contributed by atoms with Crippen molar-refractivity contribution in [1.29, 1.82) is 0 Å². The van der Waals surface area contributed by atoms with Crippen LogP contribution in [0.5, 0.6) is 11.5 Å². The van der Waals surface area contributed by atoms with Gasteiger partial charge in [0.2, 0.25) is 5.91 Å². The van der Waals surface area contributed by atoms with Crippen molar-refractivity contribution in [3.63, 3.8) is 0 Å². The van der Waals surface area contributed by atoms with Crippen LogP contribution < -0.4 is 10.1 Å². The number of ether oxygens (including phenoxy) is 1. The molecule has 0 aliphatic carbocycles. The van der Waals surface area contributed by atoms with E-state index in [0.29, 0.717) is 17.4 Å². The zero-order chi connectivity index (χ0) is 22.6. The summed E-state index contributed by atoms with van der Waals surface area (Å²) in [4.78, 5) is 20.9. The number of anilines is 1. The van der Waals surface area contributed by atoms with Gasteiger partial charge in [-0.25, -0.2) is 9.97 Å². The molecule has 1 N–H and O–H groups in total. The number of halogens is 3. The molecule has 0 fully saturated rings. The SMILES string of the molecule is CC(C)(C)c1nccc(NC(=O)Cc2ccc(Oc3ccc(C(F)(F)F)cc3)cc2)n1. The summed E-state index contributed by atoms with van der Waals surface area (Å²) in [5, 5.41) is 2.76. The summed E-state index contributed by atoms with van der Waals surface area (Å²) in [6, 6.07) is 12.8. The predicted octanol–water partition coefficient (Wildman–Crippen LogP) is 5.77. The van der Waals surface area contributed by atoms with Gasteiger partial charge in [-0.2, -0.15) is 13.2 Å². The van der Waals surface area contributed by atoms with Crippen molar-refractivity contribution in [3.8, 4) is 11.5 Å². The molecular weight excluding hydrogens is 407 g/mol. The molecule has 31 heavy (non-hydrogen) atoms. The van der Waals surface area contributed by atoms with Crippen LogP contribution in [-0.2, 0) is 22.8 Å². The van der Waals surface area contributed by atoms with E-state index in [1.54, 1.807) is 36.5 Å². The number of rotatable bonds is 5. The lowest BCUT2D eigenvalue weighted by Gasteiger charge is -2.16. The molecule has 0 aliphatic rings. The molecule has 5 nitrogen and oxygen atoms in total. The number of nitrogens with zero attached hydrogens (tertiary/aromatic N) is 2. The highest BCUT2D eigenvalue weighted by molar-refractivity contribution is 5.91. The molecule has 1 amide bonds. The van der Waals surface area contributed by atoms with Gasteiger partial charge in [0, 0.05) is 11.6 Å². The van der Waals surface area contributed by atoms with E-state index in [4.69, 9.17) is 4.74 Å². The second kappa shape index (κ2) is 8.75. The molecule has 3 rings (SSSR count). The molecule has 8 heteroatoms. The summed E-state index contributed by atoms with van der Waals surface area (Å²) in [6.45, 7) is 5.97. The first-order valence-corrected chi connectivity index (χ1v) is 9.58. The predicted molar refractivity (Wildman–Crippen MR) is 111 cm³/mol. The van der Waals surface area contributed by atoms with Crippen LogP contribution >= 0.6 is 0 Å². The van der Waals surface area contributed by atoms with Gasteiger partial charge in [-0.1, -0.05) is 32.9 Å². The zero-order valence-corrected chi connectivity index (χ0v) is 17.3. The van der Waals surface area contributed by atoms with Crippen LogP contribution in [0.1, 0.15) is 37.7 Å². The average Bonchev–Trinajstić information content (AvgIpc) is 2.69. The van der Waals surface area contributed by atoms with Crippen molar-refractivity contribution >= 4 is 11.7 Å². The highest BCUT2D eigenvalue weighted by Gasteiger charge is 2.30. The van der Waals surface area contributed by atoms with E-state index >= 15 is 0 Å². The molecule has 3 aromatic rings. The normalized spacial score (nSPS) is 11.8. The van der Waals surface area contributed by atoms with Crippen molar-refractivity contribution < 1.29 is 22.7 Å². The molecule has 0 aliphatic heterocycles. The van der Waals surface area contributed by atoms with E-state index in [-0.39, 0.29) is 23.5 Å². The fourth-order valence-electron chi connectivity index (χ4n) is 2.69. The molecular formula is C23H22F3N3O2. The zero-order valence-electron chi connectivity index (χ0n) is 17.3. The molecule has 0 atom stereocenters. The van der Waals surface area contributed by atoms with E-state index in [2.05, 4.69) is 15.3 Å². The number of hydrogen-bond acceptors (Lipinski definition) is 4. The van der Waals surface area contributed by atoms with Gasteiger partial charge in [0.25, 0.3) is 0 Å². The average molecular weight is 429 g/mol. The van der Waals surface area contributed by atoms with E-state index < -0.39 is 11.7 Å². The Bertz CT molecular complexity index is 1040. The van der Waals surface area contributed by atoms with Crippen molar-refractivity contribution in [2.45, 2.75) is 38.8 Å². The molecule has 162 valence electrons. The fourth-order valence-corrected chi connectivity index (χ4v) is 2.69. The van der Waals surface area contributed by atoms with E-state index in [0.717, 1.165) is 17.7 Å². The van der Waals surface area contributed by atoms with Crippen molar-refractivity contribution in [1.82, 2.24) is 9.97 Å². The molecule has 1 heterocycles. The molecule has 0 bridgehead atoms. The topological polar surface area (TPSA) is 64.1 Å². The van der Waals surface area contributed by atoms with Crippen molar-refractivity contribution in [2.24, 2.45) is 0 Å². The molecule has 0 radical (unpaired) electrons. The Labute approximate surface area is 178 Å². The Morgan fingerprint density at radius 1 is 0.935 bits per heavy atom. The monoisotopic (exact) mass is 429 g/mol. The maximum Gasteiger partial charge on any atom is 0.416 e. The van der Waals surface area contributed by atoms with Crippen LogP contribution in [0, 0.1) is 0 Å². The summed E-state index contributed by atoms with van der Waals surface area (Å²) in [5.74, 6) is 1.59. The summed E-state index contributed by atoms with van der Waals surface area (Å²) in [7, 11) is 0. The van der Waals surface area contributed by atoms with Crippen LogP contribution in [-0.4, -0.2) is 15.9 Å². The van der Waals surface area contributed by atoms with Crippen LogP contribution in [0.2, 0.25) is 0 Å². The second-order valence-electron chi connectivity index (χ2n) is 8.01. The van der Waals surface area contributed by atoms with E-state index in [9.17, 15) is 18.0 Å². The van der Waals surface area contributed by atoms with Gasteiger partial charge in [-0.3, -0.25) is 4.79 Å². The second-order valence-corrected chi connectivity index (χ2v) is 8.01. The van der Waals surface area contributed by atoms with Crippen molar-refractivity contribution in [3.05, 3.63) is 77.7 Å². The Balaban J connectivity index is 1.58. The summed E-state index contributed by atoms with van der Waals surface area (Å²) >= 11 is 0. The fraction of sp³-hybridized carbons (Fsp3) is 0.261. The number of nitrogens with one attached hydrogen (secondary N) is 1. The smallest absolute Gasteiger partial charge is 0.416 e. The van der Waals surface area contributed by atoms with Gasteiger partial charge in [0.15, 0.2) is 0 Å². The largest absolute Gasteiger partial charge is 0.457 e. The van der Waals surface area contributed by atoms with Gasteiger partial charge in [-0.05, 0) is 48.0 Å². The number of carbonyl (C=O) groups excluding carboxylic acids is 1. The Hall–Kier alpha value is -3.42. The molecule has 2 aromatic carbocycles. The third-order valence-corrected chi connectivity index (χ3v) is 4.30. The van der Waals surface area contributed by atoms with E-state index in [1.807, 2.05) is 20.8 Å².